The zero-order chi connectivity index (χ0) is 12.5. The Bertz CT molecular complexity index is 437. The summed E-state index contributed by atoms with van der Waals surface area (Å²) in [4.78, 5) is 0. The highest BCUT2D eigenvalue weighted by Crippen LogP contribution is 2.44. The summed E-state index contributed by atoms with van der Waals surface area (Å²) in [5.74, 6) is 0.248. The molecular weight excluding hydrogens is 255 g/mol. The van der Waals surface area contributed by atoms with E-state index in [0.717, 1.165) is 12.8 Å². The normalized spacial score (nSPS) is 18.2. The molecule has 2 rings (SSSR count). The highest BCUT2D eigenvalue weighted by atomic mass is 35.5. The van der Waals surface area contributed by atoms with E-state index in [2.05, 4.69) is 0 Å². The van der Waals surface area contributed by atoms with Crippen LogP contribution in [0, 0.1) is 5.41 Å². The van der Waals surface area contributed by atoms with E-state index in [4.69, 9.17) is 34.3 Å². The lowest BCUT2D eigenvalue weighted by Crippen LogP contribution is -2.29. The topological polar surface area (TPSA) is 49.9 Å². The average molecular weight is 271 g/mol. The molecule has 1 aromatic rings. The Morgan fingerprint density at radius 1 is 1.24 bits per heavy atom. The molecule has 92 valence electrons. The molecule has 0 atom stereocenters. The second-order valence-corrected chi connectivity index (χ2v) is 5.63. The zero-order valence-electron chi connectivity index (χ0n) is 9.60. The minimum absolute atomic E-state index is 0.0000617. The van der Waals surface area contributed by atoms with Crippen LogP contribution in [0.5, 0.6) is 0 Å². The molecule has 1 aromatic carbocycles. The summed E-state index contributed by atoms with van der Waals surface area (Å²) >= 11 is 12.0. The molecule has 0 bridgehead atoms. The first-order valence-electron chi connectivity index (χ1n) is 5.82. The van der Waals surface area contributed by atoms with Gasteiger partial charge in [0.2, 0.25) is 0 Å². The third-order valence-corrected chi connectivity index (χ3v) is 4.36. The lowest BCUT2D eigenvalue weighted by atomic mass is 9.76. The number of nitrogens with one attached hydrogen (secondary N) is 1. The van der Waals surface area contributed by atoms with Gasteiger partial charge in [-0.25, -0.2) is 0 Å². The molecular formula is C13H16Cl2N2. The predicted octanol–water partition coefficient (Wildman–Crippen LogP) is 4.13. The van der Waals surface area contributed by atoms with Crippen LogP contribution >= 0.6 is 23.2 Å². The molecule has 0 saturated heterocycles. The van der Waals surface area contributed by atoms with Crippen LogP contribution in [0.3, 0.4) is 0 Å². The van der Waals surface area contributed by atoms with E-state index < -0.39 is 0 Å². The van der Waals surface area contributed by atoms with Crippen molar-refractivity contribution in [3.05, 3.63) is 33.8 Å². The van der Waals surface area contributed by atoms with E-state index in [1.807, 2.05) is 18.2 Å². The molecule has 0 unspecified atom stereocenters. The van der Waals surface area contributed by atoms with Gasteiger partial charge in [0.15, 0.2) is 0 Å². The van der Waals surface area contributed by atoms with E-state index in [-0.39, 0.29) is 11.3 Å². The fraction of sp³-hybridized carbons (Fsp3) is 0.462. The van der Waals surface area contributed by atoms with Gasteiger partial charge in [-0.3, -0.25) is 5.41 Å². The largest absolute Gasteiger partial charge is 0.388 e. The maximum Gasteiger partial charge on any atom is 0.0914 e. The van der Waals surface area contributed by atoms with Crippen molar-refractivity contribution in [2.24, 2.45) is 5.73 Å². The standard InChI is InChI=1S/C13H16Cl2N2/c14-10-4-3-9(7-11(10)15)13(8-12(16)17)5-1-2-6-13/h3-4,7H,1-2,5-6,8H2,(H3,16,17). The van der Waals surface area contributed by atoms with E-state index in [0.29, 0.717) is 16.5 Å². The number of amidine groups is 1. The number of hydrogen-bond donors (Lipinski definition) is 2. The number of hydrogen-bond acceptors (Lipinski definition) is 1. The van der Waals surface area contributed by atoms with E-state index in [1.165, 1.54) is 18.4 Å². The summed E-state index contributed by atoms with van der Waals surface area (Å²) in [6, 6.07) is 5.78. The first-order valence-corrected chi connectivity index (χ1v) is 6.57. The first kappa shape index (κ1) is 12.7. The van der Waals surface area contributed by atoms with Gasteiger partial charge in [0, 0.05) is 11.8 Å². The quantitative estimate of drug-likeness (QED) is 0.630. The molecule has 1 aliphatic carbocycles. The highest BCUT2D eigenvalue weighted by Gasteiger charge is 2.36. The van der Waals surface area contributed by atoms with Crippen molar-refractivity contribution < 1.29 is 0 Å². The molecule has 0 radical (unpaired) electrons. The van der Waals surface area contributed by atoms with Gasteiger partial charge in [-0.05, 0) is 30.5 Å². The molecule has 0 heterocycles. The molecule has 0 aliphatic heterocycles. The van der Waals surface area contributed by atoms with Crippen molar-refractivity contribution in [2.45, 2.75) is 37.5 Å². The van der Waals surface area contributed by atoms with Crippen molar-refractivity contribution in [3.63, 3.8) is 0 Å². The minimum Gasteiger partial charge on any atom is -0.388 e. The zero-order valence-corrected chi connectivity index (χ0v) is 11.1. The molecule has 1 saturated carbocycles. The summed E-state index contributed by atoms with van der Waals surface area (Å²) in [5, 5.41) is 8.71. The Morgan fingerprint density at radius 2 is 1.88 bits per heavy atom. The van der Waals surface area contributed by atoms with Crippen molar-refractivity contribution in [3.8, 4) is 0 Å². The highest BCUT2D eigenvalue weighted by molar-refractivity contribution is 6.42. The fourth-order valence-electron chi connectivity index (χ4n) is 2.81. The van der Waals surface area contributed by atoms with Crippen LogP contribution in [-0.4, -0.2) is 5.84 Å². The van der Waals surface area contributed by atoms with Crippen LogP contribution < -0.4 is 5.73 Å². The summed E-state index contributed by atoms with van der Waals surface area (Å²) in [6.45, 7) is 0. The third kappa shape index (κ3) is 2.58. The van der Waals surface area contributed by atoms with Crippen molar-refractivity contribution in [1.82, 2.24) is 0 Å². The summed E-state index contributed by atoms with van der Waals surface area (Å²) in [6.07, 6.45) is 5.14. The van der Waals surface area contributed by atoms with E-state index >= 15 is 0 Å². The molecule has 0 spiro atoms. The summed E-state index contributed by atoms with van der Waals surface area (Å²) in [7, 11) is 0. The van der Waals surface area contributed by atoms with E-state index in [1.54, 1.807) is 0 Å². The summed E-state index contributed by atoms with van der Waals surface area (Å²) in [5.41, 5.74) is 6.75. The second-order valence-electron chi connectivity index (χ2n) is 4.82. The Kier molecular flexibility index (Phi) is 3.64. The van der Waals surface area contributed by atoms with Gasteiger partial charge < -0.3 is 5.73 Å². The van der Waals surface area contributed by atoms with Gasteiger partial charge in [0.1, 0.15) is 0 Å². The molecule has 17 heavy (non-hydrogen) atoms. The first-order chi connectivity index (χ1) is 8.03. The number of nitrogens with two attached hydrogens (primary N) is 1. The van der Waals surface area contributed by atoms with Crippen molar-refractivity contribution >= 4 is 29.0 Å². The molecule has 4 heteroatoms. The van der Waals surface area contributed by atoms with Crippen molar-refractivity contribution in [1.29, 1.82) is 5.41 Å². The van der Waals surface area contributed by atoms with Gasteiger partial charge >= 0.3 is 0 Å². The lowest BCUT2D eigenvalue weighted by molar-refractivity contribution is 0.457. The van der Waals surface area contributed by atoms with Gasteiger partial charge in [-0.1, -0.05) is 42.1 Å². The Labute approximate surface area is 112 Å². The smallest absolute Gasteiger partial charge is 0.0914 e. The molecule has 0 aromatic heterocycles. The maximum absolute atomic E-state index is 7.55. The third-order valence-electron chi connectivity index (χ3n) is 3.62. The Balaban J connectivity index is 2.38. The van der Waals surface area contributed by atoms with Gasteiger partial charge in [-0.15, -0.1) is 0 Å². The van der Waals surface area contributed by atoms with E-state index in [9.17, 15) is 0 Å². The number of benzene rings is 1. The fourth-order valence-corrected chi connectivity index (χ4v) is 3.11. The van der Waals surface area contributed by atoms with Crippen LogP contribution in [0.1, 0.15) is 37.7 Å². The predicted molar refractivity (Wildman–Crippen MR) is 73.1 cm³/mol. The maximum atomic E-state index is 7.55. The molecule has 1 aliphatic rings. The molecule has 2 nitrogen and oxygen atoms in total. The van der Waals surface area contributed by atoms with Crippen LogP contribution in [0.15, 0.2) is 18.2 Å². The monoisotopic (exact) mass is 270 g/mol. The van der Waals surface area contributed by atoms with Gasteiger partial charge in [-0.2, -0.15) is 0 Å². The minimum atomic E-state index is 0.0000617. The van der Waals surface area contributed by atoms with Crippen LogP contribution in [0.4, 0.5) is 0 Å². The summed E-state index contributed by atoms with van der Waals surface area (Å²) < 4.78 is 0. The van der Waals surface area contributed by atoms with Crippen LogP contribution in [0.2, 0.25) is 10.0 Å². The number of halogens is 2. The van der Waals surface area contributed by atoms with Gasteiger partial charge in [0.05, 0.1) is 15.9 Å². The number of rotatable bonds is 3. The van der Waals surface area contributed by atoms with Crippen LogP contribution in [-0.2, 0) is 5.41 Å². The Hall–Kier alpha value is -0.730. The van der Waals surface area contributed by atoms with Crippen molar-refractivity contribution in [2.75, 3.05) is 0 Å². The van der Waals surface area contributed by atoms with Crippen LogP contribution in [0.25, 0.3) is 0 Å². The molecule has 0 amide bonds. The van der Waals surface area contributed by atoms with Gasteiger partial charge in [0.25, 0.3) is 0 Å². The Morgan fingerprint density at radius 3 is 2.41 bits per heavy atom. The SMILES string of the molecule is N=C(N)CC1(c2ccc(Cl)c(Cl)c2)CCCC1. The average Bonchev–Trinajstić information content (AvgIpc) is 2.70. The molecule has 3 N–H and O–H groups in total. The second kappa shape index (κ2) is 4.87. The lowest BCUT2D eigenvalue weighted by Gasteiger charge is -2.29. The molecule has 1 fully saturated rings.